The summed E-state index contributed by atoms with van der Waals surface area (Å²) < 4.78 is 0. The van der Waals surface area contributed by atoms with E-state index in [1.54, 1.807) is 11.3 Å². The molecule has 1 heterocycles. The molecule has 3 heteroatoms. The second-order valence-electron chi connectivity index (χ2n) is 4.72. The van der Waals surface area contributed by atoms with Crippen molar-refractivity contribution in [3.63, 3.8) is 0 Å². The molecular formula is C11H19NOS. The van der Waals surface area contributed by atoms with Crippen molar-refractivity contribution in [1.29, 1.82) is 0 Å². The van der Waals surface area contributed by atoms with Crippen molar-refractivity contribution >= 4 is 11.3 Å². The van der Waals surface area contributed by atoms with Crippen molar-refractivity contribution in [1.82, 2.24) is 5.32 Å². The van der Waals surface area contributed by atoms with Crippen LogP contribution in [0, 0.1) is 5.41 Å². The maximum absolute atomic E-state index is 9.75. The van der Waals surface area contributed by atoms with Crippen LogP contribution in [-0.4, -0.2) is 18.2 Å². The number of hydrogen-bond acceptors (Lipinski definition) is 3. The molecule has 0 saturated heterocycles. The van der Waals surface area contributed by atoms with Crippen molar-refractivity contribution < 1.29 is 5.11 Å². The van der Waals surface area contributed by atoms with Crippen molar-refractivity contribution in [3.8, 4) is 0 Å². The fourth-order valence-corrected chi connectivity index (χ4v) is 1.88. The minimum atomic E-state index is -0.364. The van der Waals surface area contributed by atoms with E-state index < -0.39 is 0 Å². The molecule has 0 aliphatic rings. The van der Waals surface area contributed by atoms with Gasteiger partial charge in [0.1, 0.15) is 6.10 Å². The summed E-state index contributed by atoms with van der Waals surface area (Å²) in [6.45, 7) is 8.10. The molecule has 0 bridgehead atoms. The molecule has 80 valence electrons. The Labute approximate surface area is 90.0 Å². The zero-order chi connectivity index (χ0) is 10.6. The van der Waals surface area contributed by atoms with Crippen LogP contribution >= 0.6 is 11.3 Å². The van der Waals surface area contributed by atoms with E-state index in [0.717, 1.165) is 11.4 Å². The van der Waals surface area contributed by atoms with Crippen LogP contribution in [0.2, 0.25) is 0 Å². The number of aliphatic hydroxyl groups excluding tert-OH is 1. The Hall–Kier alpha value is -0.380. The van der Waals surface area contributed by atoms with Gasteiger partial charge < -0.3 is 10.4 Å². The van der Waals surface area contributed by atoms with E-state index in [-0.39, 0.29) is 11.5 Å². The molecule has 0 aliphatic carbocycles. The lowest BCUT2D eigenvalue weighted by molar-refractivity contribution is 0.173. The molecule has 1 rings (SSSR count). The third kappa shape index (κ3) is 4.22. The Morgan fingerprint density at radius 1 is 1.50 bits per heavy atom. The lowest BCUT2D eigenvalue weighted by atomic mass is 9.97. The van der Waals surface area contributed by atoms with Crippen LogP contribution in [0.25, 0.3) is 0 Å². The van der Waals surface area contributed by atoms with Gasteiger partial charge >= 0.3 is 0 Å². The van der Waals surface area contributed by atoms with Crippen LogP contribution in [0.4, 0.5) is 0 Å². The van der Waals surface area contributed by atoms with Gasteiger partial charge in [-0.15, -0.1) is 11.3 Å². The molecular weight excluding hydrogens is 194 g/mol. The van der Waals surface area contributed by atoms with Gasteiger partial charge in [-0.1, -0.05) is 26.8 Å². The highest BCUT2D eigenvalue weighted by molar-refractivity contribution is 7.10. The predicted molar refractivity (Wildman–Crippen MR) is 61.6 cm³/mol. The standard InChI is InChI=1S/C11H19NOS/c1-11(2,3)8-12-7-9(13)10-5-4-6-14-10/h4-6,9,12-13H,7-8H2,1-3H3. The van der Waals surface area contributed by atoms with Gasteiger partial charge in [0.05, 0.1) is 0 Å². The van der Waals surface area contributed by atoms with E-state index >= 15 is 0 Å². The lowest BCUT2D eigenvalue weighted by Gasteiger charge is -2.20. The normalized spacial score (nSPS) is 14.3. The van der Waals surface area contributed by atoms with Crippen LogP contribution in [-0.2, 0) is 0 Å². The monoisotopic (exact) mass is 213 g/mol. The molecule has 0 aromatic carbocycles. The van der Waals surface area contributed by atoms with E-state index in [2.05, 4.69) is 26.1 Å². The summed E-state index contributed by atoms with van der Waals surface area (Å²) in [5.41, 5.74) is 0.273. The highest BCUT2D eigenvalue weighted by Gasteiger charge is 2.12. The zero-order valence-electron chi connectivity index (χ0n) is 9.08. The van der Waals surface area contributed by atoms with E-state index in [9.17, 15) is 5.11 Å². The Morgan fingerprint density at radius 2 is 2.21 bits per heavy atom. The van der Waals surface area contributed by atoms with Gasteiger partial charge in [-0.2, -0.15) is 0 Å². The fraction of sp³-hybridized carbons (Fsp3) is 0.636. The summed E-state index contributed by atoms with van der Waals surface area (Å²) in [6.07, 6.45) is -0.364. The van der Waals surface area contributed by atoms with E-state index in [4.69, 9.17) is 0 Å². The van der Waals surface area contributed by atoms with Crippen molar-refractivity contribution in [2.45, 2.75) is 26.9 Å². The number of nitrogens with one attached hydrogen (secondary N) is 1. The summed E-state index contributed by atoms with van der Waals surface area (Å²) >= 11 is 1.60. The van der Waals surface area contributed by atoms with Crippen LogP contribution in [0.15, 0.2) is 17.5 Å². The Kier molecular flexibility index (Phi) is 4.11. The third-order valence-corrected chi connectivity index (χ3v) is 2.84. The van der Waals surface area contributed by atoms with Crippen LogP contribution in [0.3, 0.4) is 0 Å². The topological polar surface area (TPSA) is 32.3 Å². The van der Waals surface area contributed by atoms with Gasteiger partial charge in [0.2, 0.25) is 0 Å². The molecule has 1 atom stereocenters. The van der Waals surface area contributed by atoms with Gasteiger partial charge in [0, 0.05) is 18.0 Å². The molecule has 0 spiro atoms. The second kappa shape index (κ2) is 4.91. The highest BCUT2D eigenvalue weighted by Crippen LogP contribution is 2.18. The smallest absolute Gasteiger partial charge is 0.101 e. The van der Waals surface area contributed by atoms with Crippen LogP contribution in [0.5, 0.6) is 0 Å². The molecule has 1 aromatic rings. The summed E-state index contributed by atoms with van der Waals surface area (Å²) in [4.78, 5) is 1.03. The minimum absolute atomic E-state index is 0.273. The van der Waals surface area contributed by atoms with Crippen molar-refractivity contribution in [2.75, 3.05) is 13.1 Å². The van der Waals surface area contributed by atoms with Crippen LogP contribution < -0.4 is 5.32 Å². The minimum Gasteiger partial charge on any atom is -0.386 e. The Balaban J connectivity index is 2.26. The van der Waals surface area contributed by atoms with Gasteiger partial charge in [-0.3, -0.25) is 0 Å². The molecule has 0 fully saturated rings. The lowest BCUT2D eigenvalue weighted by Crippen LogP contribution is -2.30. The van der Waals surface area contributed by atoms with Gasteiger partial charge in [0.25, 0.3) is 0 Å². The summed E-state index contributed by atoms with van der Waals surface area (Å²) in [7, 11) is 0. The maximum atomic E-state index is 9.75. The van der Waals surface area contributed by atoms with Gasteiger partial charge in [-0.25, -0.2) is 0 Å². The first-order chi connectivity index (χ1) is 6.49. The molecule has 1 aromatic heterocycles. The first-order valence-electron chi connectivity index (χ1n) is 4.91. The summed E-state index contributed by atoms with van der Waals surface area (Å²) in [5.74, 6) is 0. The van der Waals surface area contributed by atoms with E-state index in [0.29, 0.717) is 6.54 Å². The summed E-state index contributed by atoms with van der Waals surface area (Å²) in [6, 6.07) is 3.93. The average molecular weight is 213 g/mol. The molecule has 2 N–H and O–H groups in total. The number of hydrogen-bond donors (Lipinski definition) is 2. The third-order valence-electron chi connectivity index (χ3n) is 1.86. The first-order valence-corrected chi connectivity index (χ1v) is 5.79. The van der Waals surface area contributed by atoms with Crippen molar-refractivity contribution in [3.05, 3.63) is 22.4 Å². The van der Waals surface area contributed by atoms with Gasteiger partial charge in [-0.05, 0) is 16.9 Å². The molecule has 1 unspecified atom stereocenters. The van der Waals surface area contributed by atoms with E-state index in [1.165, 1.54) is 0 Å². The molecule has 0 radical (unpaired) electrons. The second-order valence-corrected chi connectivity index (χ2v) is 5.70. The SMILES string of the molecule is CC(C)(C)CNCC(O)c1cccs1. The zero-order valence-corrected chi connectivity index (χ0v) is 9.90. The van der Waals surface area contributed by atoms with E-state index in [1.807, 2.05) is 17.5 Å². The molecule has 14 heavy (non-hydrogen) atoms. The maximum Gasteiger partial charge on any atom is 0.101 e. The highest BCUT2D eigenvalue weighted by atomic mass is 32.1. The average Bonchev–Trinajstić information content (AvgIpc) is 2.53. The molecule has 0 saturated carbocycles. The fourth-order valence-electron chi connectivity index (χ4n) is 1.17. The summed E-state index contributed by atoms with van der Waals surface area (Å²) in [5, 5.41) is 15.0. The number of rotatable bonds is 4. The molecule has 2 nitrogen and oxygen atoms in total. The number of aliphatic hydroxyl groups is 1. The Bertz CT molecular complexity index is 251. The Morgan fingerprint density at radius 3 is 2.71 bits per heavy atom. The van der Waals surface area contributed by atoms with Crippen LogP contribution in [0.1, 0.15) is 31.8 Å². The molecule has 0 amide bonds. The largest absolute Gasteiger partial charge is 0.386 e. The van der Waals surface area contributed by atoms with Gasteiger partial charge in [0.15, 0.2) is 0 Å². The number of thiophene rings is 1. The molecule has 0 aliphatic heterocycles. The first kappa shape index (κ1) is 11.7. The predicted octanol–water partition coefficient (Wildman–Crippen LogP) is 2.42. The van der Waals surface area contributed by atoms with Crippen molar-refractivity contribution in [2.24, 2.45) is 5.41 Å². The quantitative estimate of drug-likeness (QED) is 0.805.